The number of thiocarbonyl (C=S) groups is 2. The van der Waals surface area contributed by atoms with Crippen molar-refractivity contribution in [2.45, 2.75) is 12.6 Å². The van der Waals surface area contributed by atoms with Crippen molar-refractivity contribution in [3.05, 3.63) is 60.7 Å². The van der Waals surface area contributed by atoms with E-state index >= 15 is 0 Å². The third kappa shape index (κ3) is 8.00. The maximum atomic E-state index is 12.2. The van der Waals surface area contributed by atoms with E-state index in [1.807, 2.05) is 60.7 Å². The smallest absolute Gasteiger partial charge is 0.242 e. The van der Waals surface area contributed by atoms with Crippen molar-refractivity contribution in [2.24, 2.45) is 0 Å². The highest BCUT2D eigenvalue weighted by Crippen LogP contribution is 2.07. The molecule has 29 heavy (non-hydrogen) atoms. The van der Waals surface area contributed by atoms with Gasteiger partial charge in [-0.15, -0.1) is 0 Å². The number of rotatable bonds is 6. The van der Waals surface area contributed by atoms with Crippen molar-refractivity contribution >= 4 is 51.9 Å². The van der Waals surface area contributed by atoms with Crippen LogP contribution in [0.25, 0.3) is 0 Å². The Hall–Kier alpha value is -2.79. The number of carbonyl (C=O) groups is 1. The molecule has 0 spiro atoms. The number of aliphatic hydroxyl groups excluding tert-OH is 1. The Morgan fingerprint density at radius 3 is 1.83 bits per heavy atom. The first-order chi connectivity index (χ1) is 13.8. The fraction of sp³-hybridized carbons (Fsp3) is 0.211. The zero-order valence-corrected chi connectivity index (χ0v) is 17.8. The van der Waals surface area contributed by atoms with Crippen molar-refractivity contribution in [3.63, 3.8) is 0 Å². The van der Waals surface area contributed by atoms with Crippen LogP contribution in [0, 0.1) is 0 Å². The van der Waals surface area contributed by atoms with Gasteiger partial charge in [-0.25, -0.2) is 5.43 Å². The van der Waals surface area contributed by atoms with Crippen molar-refractivity contribution in [3.8, 4) is 0 Å². The molecule has 2 rings (SSSR count). The molecule has 1 atom stereocenters. The lowest BCUT2D eigenvalue weighted by molar-refractivity contribution is -0.126. The molecule has 8 nitrogen and oxygen atoms in total. The third-order valence-electron chi connectivity index (χ3n) is 3.67. The van der Waals surface area contributed by atoms with Gasteiger partial charge in [0.15, 0.2) is 10.2 Å². The molecule has 1 amide bonds. The summed E-state index contributed by atoms with van der Waals surface area (Å²) in [4.78, 5) is 12.2. The first-order valence-electron chi connectivity index (χ1n) is 8.78. The summed E-state index contributed by atoms with van der Waals surface area (Å²) in [6.45, 7) is 0. The summed E-state index contributed by atoms with van der Waals surface area (Å²) >= 11 is 10.5. The largest absolute Gasteiger partial charge is 0.376 e. The molecule has 2 aromatic rings. The first kappa shape index (κ1) is 22.5. The van der Waals surface area contributed by atoms with Crippen LogP contribution in [0.5, 0.6) is 0 Å². The predicted molar refractivity (Wildman–Crippen MR) is 123 cm³/mol. The highest BCUT2D eigenvalue weighted by molar-refractivity contribution is 7.80. The zero-order chi connectivity index (χ0) is 21.2. The van der Waals surface area contributed by atoms with E-state index < -0.39 is 12.1 Å². The molecule has 0 heterocycles. The summed E-state index contributed by atoms with van der Waals surface area (Å²) in [5, 5.41) is 19.6. The molecule has 0 saturated carbocycles. The lowest BCUT2D eigenvalue weighted by Crippen LogP contribution is -2.51. The number of hydrogen-bond acceptors (Lipinski definition) is 5. The molecular weight excluding hydrogens is 408 g/mol. The van der Waals surface area contributed by atoms with Gasteiger partial charge >= 0.3 is 0 Å². The number of amides is 1. The molecule has 154 valence electrons. The number of anilines is 2. The van der Waals surface area contributed by atoms with Crippen molar-refractivity contribution in [1.29, 1.82) is 0 Å². The number of carbonyl (C=O) groups excluding carboxylic acids is 1. The topological polar surface area (TPSA) is 91.9 Å². The van der Waals surface area contributed by atoms with E-state index in [2.05, 4.69) is 21.5 Å². The van der Waals surface area contributed by atoms with E-state index in [0.717, 1.165) is 11.4 Å². The van der Waals surface area contributed by atoms with E-state index in [1.54, 1.807) is 14.1 Å². The second kappa shape index (κ2) is 11.3. The summed E-state index contributed by atoms with van der Waals surface area (Å²) in [5.74, 6) is -0.417. The molecule has 0 unspecified atom stereocenters. The molecule has 0 aliphatic rings. The van der Waals surface area contributed by atoms with Gasteiger partial charge in [-0.1, -0.05) is 36.4 Å². The average Bonchev–Trinajstić information content (AvgIpc) is 2.69. The Morgan fingerprint density at radius 2 is 1.34 bits per heavy atom. The molecule has 0 bridgehead atoms. The van der Waals surface area contributed by atoms with Gasteiger partial charge in [-0.2, -0.15) is 0 Å². The van der Waals surface area contributed by atoms with Gasteiger partial charge < -0.3 is 15.7 Å². The van der Waals surface area contributed by atoms with Gasteiger partial charge in [-0.3, -0.25) is 20.2 Å². The van der Waals surface area contributed by atoms with E-state index in [1.165, 1.54) is 10.0 Å². The van der Waals surface area contributed by atoms with Crippen molar-refractivity contribution in [1.82, 2.24) is 20.9 Å². The van der Waals surface area contributed by atoms with Crippen LogP contribution in [-0.2, 0) is 4.79 Å². The second-order valence-electron chi connectivity index (χ2n) is 6.09. The van der Waals surface area contributed by atoms with Crippen LogP contribution in [0.15, 0.2) is 60.7 Å². The predicted octanol–water partition coefficient (Wildman–Crippen LogP) is 1.89. The van der Waals surface area contributed by atoms with Crippen molar-refractivity contribution < 1.29 is 9.90 Å². The number of benzene rings is 2. The first-order valence-corrected chi connectivity index (χ1v) is 9.60. The number of nitrogens with one attached hydrogen (secondary N) is 4. The number of para-hydroxylation sites is 2. The maximum Gasteiger partial charge on any atom is 0.242 e. The van der Waals surface area contributed by atoms with Crippen LogP contribution < -0.4 is 21.5 Å². The molecule has 0 aliphatic heterocycles. The summed E-state index contributed by atoms with van der Waals surface area (Å²) in [5.41, 5.74) is 6.95. The van der Waals surface area contributed by atoms with E-state index in [-0.39, 0.29) is 6.42 Å². The van der Waals surface area contributed by atoms with Gasteiger partial charge in [0.05, 0.1) is 6.42 Å². The Kier molecular flexibility index (Phi) is 8.74. The number of hydrazine groups is 2. The van der Waals surface area contributed by atoms with Gasteiger partial charge in [0.25, 0.3) is 0 Å². The van der Waals surface area contributed by atoms with Gasteiger partial charge in [-0.05, 0) is 48.7 Å². The molecule has 10 heteroatoms. The van der Waals surface area contributed by atoms with E-state index in [4.69, 9.17) is 24.4 Å². The van der Waals surface area contributed by atoms with E-state index in [0.29, 0.717) is 10.2 Å². The van der Waals surface area contributed by atoms with Crippen LogP contribution in [-0.4, -0.2) is 51.6 Å². The zero-order valence-electron chi connectivity index (χ0n) is 16.1. The molecule has 0 fully saturated rings. The minimum atomic E-state index is -1.14. The molecule has 2 aromatic carbocycles. The third-order valence-corrected chi connectivity index (χ3v) is 4.43. The monoisotopic (exact) mass is 432 g/mol. The lowest BCUT2D eigenvalue weighted by atomic mass is 10.3. The molecular formula is C19H24N6O2S2. The fourth-order valence-electron chi connectivity index (χ4n) is 2.24. The normalized spacial score (nSPS) is 11.1. The van der Waals surface area contributed by atoms with Crippen LogP contribution in [0.1, 0.15) is 6.42 Å². The quantitative estimate of drug-likeness (QED) is 0.267. The molecule has 0 radical (unpaired) electrons. The van der Waals surface area contributed by atoms with Crippen LogP contribution in [0.3, 0.4) is 0 Å². The highest BCUT2D eigenvalue weighted by Gasteiger charge is 2.16. The summed E-state index contributed by atoms with van der Waals surface area (Å²) in [6.07, 6.45) is -1.34. The highest BCUT2D eigenvalue weighted by atomic mass is 32.1. The SMILES string of the molecule is CN(NC(=O)C[C@H](O)NN(C)C(=S)Nc1ccccc1)C(=S)Nc1ccccc1. The van der Waals surface area contributed by atoms with Crippen LogP contribution in [0.2, 0.25) is 0 Å². The Balaban J connectivity index is 1.74. The fourth-order valence-corrected chi connectivity index (χ4v) is 2.58. The molecule has 0 aliphatic carbocycles. The standard InChI is InChI=1S/C19H24N6O2S2/c1-24(18(28)20-14-9-5-3-6-10-14)22-16(26)13-17(27)23-25(2)19(29)21-15-11-7-4-8-12-15/h3-12,16,22,26H,13H2,1-2H3,(H,20,28)(H,21,29)(H,23,27)/t16-/m0/s1. The number of hydrogen-bond donors (Lipinski definition) is 5. The second-order valence-corrected chi connectivity index (χ2v) is 6.87. The summed E-state index contributed by atoms with van der Waals surface area (Å²) < 4.78 is 0. The minimum absolute atomic E-state index is 0.198. The van der Waals surface area contributed by atoms with Gasteiger partial charge in [0.1, 0.15) is 6.23 Å². The lowest BCUT2D eigenvalue weighted by Gasteiger charge is -2.26. The Bertz CT molecular complexity index is 822. The summed E-state index contributed by atoms with van der Waals surface area (Å²) in [6, 6.07) is 18.8. The number of aliphatic hydroxyl groups is 1. The van der Waals surface area contributed by atoms with Gasteiger partial charge in [0, 0.05) is 25.5 Å². The summed E-state index contributed by atoms with van der Waals surface area (Å²) in [7, 11) is 3.26. The maximum absolute atomic E-state index is 12.2. The van der Waals surface area contributed by atoms with Crippen LogP contribution in [0.4, 0.5) is 11.4 Å². The van der Waals surface area contributed by atoms with E-state index in [9.17, 15) is 9.90 Å². The molecule has 0 aromatic heterocycles. The Morgan fingerprint density at radius 1 is 0.897 bits per heavy atom. The number of nitrogens with zero attached hydrogens (tertiary/aromatic N) is 2. The minimum Gasteiger partial charge on any atom is -0.376 e. The van der Waals surface area contributed by atoms with Crippen molar-refractivity contribution in [2.75, 3.05) is 24.7 Å². The van der Waals surface area contributed by atoms with Gasteiger partial charge in [0.2, 0.25) is 5.91 Å². The molecule has 5 N–H and O–H groups in total. The molecule has 0 saturated heterocycles. The Labute approximate surface area is 180 Å². The van der Waals surface area contributed by atoms with Crippen LogP contribution >= 0.6 is 24.4 Å². The average molecular weight is 433 g/mol.